The van der Waals surface area contributed by atoms with E-state index in [2.05, 4.69) is 93.2 Å². The maximum absolute atomic E-state index is 6.99. The molecule has 153 valence electrons. The van der Waals surface area contributed by atoms with E-state index in [1.807, 2.05) is 0 Å². The van der Waals surface area contributed by atoms with Gasteiger partial charge in [-0.05, 0) is 0 Å². The summed E-state index contributed by atoms with van der Waals surface area (Å²) in [7, 11) is 0. The molecule has 4 heteroatoms. The van der Waals surface area contributed by atoms with Crippen LogP contribution in [0, 0.1) is 0 Å². The summed E-state index contributed by atoms with van der Waals surface area (Å²) in [6, 6.07) is 17.8. The third-order valence-corrected chi connectivity index (χ3v) is 8.03. The molecule has 2 atom stereocenters. The van der Waals surface area contributed by atoms with Crippen molar-refractivity contribution in [3.63, 3.8) is 0 Å². The molecule has 0 amide bonds. The van der Waals surface area contributed by atoms with E-state index in [9.17, 15) is 0 Å². The van der Waals surface area contributed by atoms with Crippen LogP contribution in [0.15, 0.2) is 48.5 Å². The summed E-state index contributed by atoms with van der Waals surface area (Å²) in [6.45, 7) is 4.59. The van der Waals surface area contributed by atoms with E-state index in [0.717, 1.165) is 19.3 Å². The number of rotatable bonds is 2. The van der Waals surface area contributed by atoms with E-state index in [1.54, 1.807) is 0 Å². The number of nitrogens with zero attached hydrogens (tertiary/aromatic N) is 2. The summed E-state index contributed by atoms with van der Waals surface area (Å²) in [5.41, 5.74) is 7.75. The predicted molar refractivity (Wildman–Crippen MR) is 125 cm³/mol. The van der Waals surface area contributed by atoms with Crippen LogP contribution in [0.5, 0.6) is 0 Å². The molecule has 4 heterocycles. The molecule has 31 heavy (non-hydrogen) atoms. The zero-order valence-corrected chi connectivity index (χ0v) is 19.2. The predicted octanol–water partition coefficient (Wildman–Crippen LogP) is 6.55. The Balaban J connectivity index is 1.92. The number of hydrogen-bond donors (Lipinski definition) is 0. The van der Waals surface area contributed by atoms with Crippen LogP contribution in [0.3, 0.4) is 0 Å². The maximum atomic E-state index is 6.99. The number of ether oxygens (including phenoxy) is 1. The van der Waals surface area contributed by atoms with E-state index in [4.69, 9.17) is 4.74 Å². The first kappa shape index (κ1) is 18.3. The molecule has 0 N–H and O–H groups in total. The Bertz CT molecular complexity index is 1570. The fraction of sp³-hybridized carbons (Fsp3) is 0.296. The Morgan fingerprint density at radius 2 is 1.74 bits per heavy atom. The number of para-hydroxylation sites is 2. The van der Waals surface area contributed by atoms with Crippen molar-refractivity contribution in [2.24, 2.45) is 0 Å². The van der Waals surface area contributed by atoms with Crippen LogP contribution in [-0.4, -0.2) is 13.9 Å². The molecule has 2 aromatic heterocycles. The Hall–Kier alpha value is -2.33. The van der Waals surface area contributed by atoms with Gasteiger partial charge in [0.2, 0.25) is 0 Å². The molecule has 0 spiro atoms. The van der Waals surface area contributed by atoms with Crippen molar-refractivity contribution in [3.05, 3.63) is 59.7 Å². The number of aryl methyl sites for hydroxylation is 1. The Kier molecular flexibility index (Phi) is 3.61. The van der Waals surface area contributed by atoms with E-state index in [1.165, 1.54) is 61.2 Å². The third kappa shape index (κ3) is 2.08. The molecular weight excluding hydrogens is 419 g/mol. The van der Waals surface area contributed by atoms with Crippen LogP contribution in [0.4, 0.5) is 0 Å². The molecule has 7 rings (SSSR count). The number of aromatic nitrogens is 2. The van der Waals surface area contributed by atoms with Crippen LogP contribution in [0.2, 0.25) is 0 Å². The molecule has 3 nitrogen and oxygen atoms in total. The van der Waals surface area contributed by atoms with Gasteiger partial charge in [-0.15, -0.1) is 0 Å². The van der Waals surface area contributed by atoms with Crippen LogP contribution in [-0.2, 0) is 33.9 Å². The van der Waals surface area contributed by atoms with Gasteiger partial charge >= 0.3 is 190 Å². The van der Waals surface area contributed by atoms with Crippen molar-refractivity contribution in [1.29, 1.82) is 0 Å². The number of hydrogen-bond acceptors (Lipinski definition) is 1. The molecule has 2 aliphatic heterocycles. The van der Waals surface area contributed by atoms with Crippen LogP contribution < -0.4 is 0 Å². The van der Waals surface area contributed by atoms with Crippen molar-refractivity contribution in [2.45, 2.75) is 51.5 Å². The Morgan fingerprint density at radius 1 is 1.03 bits per heavy atom. The quantitative estimate of drug-likeness (QED) is 0.303. The number of benzene rings is 3. The van der Waals surface area contributed by atoms with Gasteiger partial charge in [0, 0.05) is 0 Å². The van der Waals surface area contributed by atoms with Crippen LogP contribution in [0.1, 0.15) is 50.5 Å². The first-order chi connectivity index (χ1) is 15.2. The van der Waals surface area contributed by atoms with E-state index >= 15 is 0 Å². The molecule has 3 aromatic carbocycles. The van der Waals surface area contributed by atoms with E-state index in [0.29, 0.717) is 0 Å². The Labute approximate surface area is 190 Å². The summed E-state index contributed by atoms with van der Waals surface area (Å²) in [6.07, 6.45) is 4.34. The van der Waals surface area contributed by atoms with Gasteiger partial charge < -0.3 is 0 Å². The summed E-state index contributed by atoms with van der Waals surface area (Å²) in [5.74, 6) is 0. The Morgan fingerprint density at radius 3 is 2.48 bits per heavy atom. The molecule has 0 radical (unpaired) electrons. The van der Waals surface area contributed by atoms with Crippen molar-refractivity contribution < 1.29 is 21.7 Å². The average Bonchev–Trinajstić information content (AvgIpc) is 3.30. The van der Waals surface area contributed by atoms with Gasteiger partial charge in [0.15, 0.2) is 0 Å². The standard InChI is InChI=1S/C27H24N2O.V/c1-4-17-16(2)23-18-10-5-7-12-20(18)28-22-14-9-15-27(3,30-22)29-21-13-8-6-11-19(21)24(17)26(29)25(23)28;/h2,5-8,10-13,22H,4,9,14-15H2,1,3H3;. The second-order valence-corrected chi connectivity index (χ2v) is 9.60. The zero-order valence-electron chi connectivity index (χ0n) is 17.9. The van der Waals surface area contributed by atoms with Gasteiger partial charge in [-0.1, -0.05) is 0 Å². The topological polar surface area (TPSA) is 19.1 Å². The van der Waals surface area contributed by atoms with Crippen LogP contribution in [0.25, 0.3) is 43.6 Å². The van der Waals surface area contributed by atoms with Crippen molar-refractivity contribution in [3.8, 4) is 0 Å². The molecule has 2 aliphatic rings. The monoisotopic (exact) mass is 443 g/mol. The van der Waals surface area contributed by atoms with Gasteiger partial charge in [-0.3, -0.25) is 0 Å². The average molecular weight is 443 g/mol. The molecular formula is C27H24N2OV. The van der Waals surface area contributed by atoms with Crippen molar-refractivity contribution >= 4 is 48.3 Å². The van der Waals surface area contributed by atoms with E-state index < -0.39 is 0 Å². The van der Waals surface area contributed by atoms with Gasteiger partial charge in [0.05, 0.1) is 0 Å². The molecule has 0 aliphatic carbocycles. The molecule has 1 saturated heterocycles. The second-order valence-electron chi connectivity index (χ2n) is 9.20. The first-order valence-electron chi connectivity index (χ1n) is 11.3. The number of fused-ring (bicyclic) bond motifs is 10. The molecule has 1 fully saturated rings. The van der Waals surface area contributed by atoms with Gasteiger partial charge in [0.25, 0.3) is 0 Å². The van der Waals surface area contributed by atoms with Crippen molar-refractivity contribution in [2.75, 3.05) is 0 Å². The summed E-state index contributed by atoms with van der Waals surface area (Å²) in [5, 5.41) is 5.46. The minimum atomic E-state index is -0.337. The van der Waals surface area contributed by atoms with Gasteiger partial charge in [-0.2, -0.15) is 0 Å². The van der Waals surface area contributed by atoms with Crippen molar-refractivity contribution in [1.82, 2.24) is 9.13 Å². The normalized spacial score (nSPS) is 22.7. The minimum absolute atomic E-state index is 0.0645. The van der Waals surface area contributed by atoms with Crippen LogP contribution >= 0.6 is 0 Å². The molecule has 0 saturated carbocycles. The molecule has 2 bridgehead atoms. The first-order valence-corrected chi connectivity index (χ1v) is 12.1. The summed E-state index contributed by atoms with van der Waals surface area (Å²) < 4.78 is 14.3. The molecule has 2 unspecified atom stereocenters. The fourth-order valence-corrected chi connectivity index (χ4v) is 6.93. The van der Waals surface area contributed by atoms with Gasteiger partial charge in [0.1, 0.15) is 0 Å². The third-order valence-electron chi connectivity index (χ3n) is 7.63. The van der Waals surface area contributed by atoms with Gasteiger partial charge in [-0.25, -0.2) is 0 Å². The summed E-state index contributed by atoms with van der Waals surface area (Å²) in [4.78, 5) is 0. The zero-order chi connectivity index (χ0) is 20.9. The summed E-state index contributed by atoms with van der Waals surface area (Å²) >= 11 is 2.71. The SMILES string of the molecule is CCc1c([CH]=[V])c2c3ccccc3n3c2c2c1c1ccccc1n2C1(C)CCCC3O1. The van der Waals surface area contributed by atoms with E-state index in [-0.39, 0.29) is 12.0 Å². The second kappa shape index (κ2) is 6.13. The molecule has 5 aromatic rings. The fourth-order valence-electron chi connectivity index (χ4n) is 6.49.